The average Bonchev–Trinajstić information content (AvgIpc) is 1.01. The quantitative estimate of drug-likeness (QED) is 0.0222. The molecule has 0 aromatic heterocycles. The van der Waals surface area contributed by atoms with Gasteiger partial charge in [0.2, 0.25) is 0 Å². The Morgan fingerprint density at radius 3 is 0.660 bits per heavy atom. The van der Waals surface area contributed by atoms with Gasteiger partial charge in [-0.25, -0.2) is 9.13 Å². The second-order valence-electron chi connectivity index (χ2n) is 31.6. The molecule has 0 rings (SSSR count). The molecule has 3 N–H and O–H groups in total. The molecule has 0 aliphatic rings. The molecule has 0 bridgehead atoms. The zero-order valence-electron chi connectivity index (χ0n) is 67.8. The van der Waals surface area contributed by atoms with Gasteiger partial charge in [-0.3, -0.25) is 37.3 Å². The van der Waals surface area contributed by atoms with Crippen LogP contribution in [0.25, 0.3) is 0 Å². The molecule has 0 aliphatic carbocycles. The van der Waals surface area contributed by atoms with Crippen LogP contribution in [0.3, 0.4) is 0 Å². The maximum absolute atomic E-state index is 13.1. The van der Waals surface area contributed by atoms with Gasteiger partial charge in [-0.15, -0.1) is 0 Å². The third-order valence-corrected chi connectivity index (χ3v) is 21.5. The number of carbonyl (C=O) groups excluding carboxylic acids is 4. The van der Waals surface area contributed by atoms with Gasteiger partial charge in [0.15, 0.2) is 12.2 Å². The number of aliphatic hydroxyl groups excluding tert-OH is 1. The predicted molar refractivity (Wildman–Crippen MR) is 423 cm³/mol. The number of aliphatic hydroxyl groups is 1. The number of hydrogen-bond acceptors (Lipinski definition) is 15. The van der Waals surface area contributed by atoms with E-state index in [-0.39, 0.29) is 25.7 Å². The Morgan fingerprint density at radius 2 is 0.447 bits per heavy atom. The molecule has 0 saturated heterocycles. The second-order valence-corrected chi connectivity index (χ2v) is 34.6. The Labute approximate surface area is 632 Å². The molecule has 0 spiro atoms. The summed E-state index contributed by atoms with van der Waals surface area (Å²) in [7, 11) is -9.93. The Bertz CT molecular complexity index is 1990. The molecule has 5 atom stereocenters. The van der Waals surface area contributed by atoms with Gasteiger partial charge < -0.3 is 33.8 Å². The molecular weight excluding hydrogens is 1340 g/mol. The van der Waals surface area contributed by atoms with Gasteiger partial charge in [-0.1, -0.05) is 389 Å². The molecular formula is C84H164O17P2. The summed E-state index contributed by atoms with van der Waals surface area (Å²) in [5.74, 6) is 0.280. The molecule has 17 nitrogen and oxygen atoms in total. The lowest BCUT2D eigenvalue weighted by Crippen LogP contribution is -2.30. The second kappa shape index (κ2) is 74.2. The number of rotatable bonds is 82. The molecule has 2 unspecified atom stereocenters. The smallest absolute Gasteiger partial charge is 0.462 e. The van der Waals surface area contributed by atoms with E-state index in [4.69, 9.17) is 37.0 Å². The average molecular weight is 1510 g/mol. The lowest BCUT2D eigenvalue weighted by Gasteiger charge is -2.21. The summed E-state index contributed by atoms with van der Waals surface area (Å²) >= 11 is 0. The van der Waals surface area contributed by atoms with E-state index in [1.54, 1.807) is 0 Å². The van der Waals surface area contributed by atoms with Crippen molar-refractivity contribution in [2.45, 2.75) is 458 Å². The lowest BCUT2D eigenvalue weighted by molar-refractivity contribution is -0.161. The third-order valence-electron chi connectivity index (χ3n) is 19.6. The maximum atomic E-state index is 13.1. The minimum Gasteiger partial charge on any atom is -0.462 e. The Hall–Kier alpha value is -1.94. The first kappa shape index (κ1) is 101. The molecule has 0 radical (unpaired) electrons. The van der Waals surface area contributed by atoms with Gasteiger partial charge in [0.25, 0.3) is 0 Å². The number of carbonyl (C=O) groups is 4. The van der Waals surface area contributed by atoms with Crippen molar-refractivity contribution in [3.8, 4) is 0 Å². The standard InChI is InChI=1S/C84H164O17P2/c1-8-9-10-11-12-13-14-30-37-44-51-58-65-81(86)94-71-79(101-84(89)68-61-54-47-40-33-26-25-29-36-43-50-57-64-77(6)7)73-98-102(90,91)96-69-78(85)70-97-103(92,93)99-74-80(72-95-82(87)66-59-52-45-38-31-23-20-19-22-28-35-42-49-56-63-76(4)5)100-83(88)67-60-53-46-39-32-24-18-16-15-17-21-27-34-41-48-55-62-75(2)3/h75-80,85H,8-74H2,1-7H3,(H,90,91)(H,92,93)/t78-,79+,80+/m0/s1. The van der Waals surface area contributed by atoms with Crippen LogP contribution in [-0.4, -0.2) is 96.7 Å². The van der Waals surface area contributed by atoms with Crippen LogP contribution in [0.5, 0.6) is 0 Å². The first-order valence-electron chi connectivity index (χ1n) is 43.3. The zero-order valence-corrected chi connectivity index (χ0v) is 69.6. The summed E-state index contributed by atoms with van der Waals surface area (Å²) in [6.45, 7) is 12.0. The molecule has 0 saturated carbocycles. The molecule has 612 valence electrons. The van der Waals surface area contributed by atoms with E-state index in [1.807, 2.05) is 0 Å². The highest BCUT2D eigenvalue weighted by Gasteiger charge is 2.30. The largest absolute Gasteiger partial charge is 0.472 e. The fourth-order valence-corrected chi connectivity index (χ4v) is 14.6. The maximum Gasteiger partial charge on any atom is 0.472 e. The Morgan fingerprint density at radius 1 is 0.262 bits per heavy atom. The SMILES string of the molecule is CCCCCCCCCCCCCCC(=O)OC[C@H](COP(=O)(O)OC[C@H](O)COP(=O)(O)OC[C@@H](COC(=O)CCCCCCCCCCCCCCCCC(C)C)OC(=O)CCCCCCCCCCCCCCCCCCC(C)C)OC(=O)CCCCCCCCCCCCCCC(C)C. The van der Waals surface area contributed by atoms with Crippen LogP contribution in [0.15, 0.2) is 0 Å². The summed E-state index contributed by atoms with van der Waals surface area (Å²) < 4.78 is 68.9. The van der Waals surface area contributed by atoms with Gasteiger partial charge in [0, 0.05) is 25.7 Å². The fraction of sp³-hybridized carbons (Fsp3) is 0.952. The van der Waals surface area contributed by atoms with Crippen molar-refractivity contribution in [2.75, 3.05) is 39.6 Å². The molecule has 0 fully saturated rings. The van der Waals surface area contributed by atoms with Gasteiger partial charge in [-0.2, -0.15) is 0 Å². The summed E-state index contributed by atoms with van der Waals surface area (Å²) in [6, 6.07) is 0. The van der Waals surface area contributed by atoms with E-state index in [0.29, 0.717) is 25.7 Å². The summed E-state index contributed by atoms with van der Waals surface area (Å²) in [5, 5.41) is 10.7. The summed E-state index contributed by atoms with van der Waals surface area (Å²) in [5.41, 5.74) is 0. The number of unbranched alkanes of at least 4 members (excludes halogenated alkanes) is 50. The van der Waals surface area contributed by atoms with E-state index >= 15 is 0 Å². The van der Waals surface area contributed by atoms with Crippen LogP contribution < -0.4 is 0 Å². The molecule has 0 amide bonds. The van der Waals surface area contributed by atoms with E-state index in [1.165, 1.54) is 250 Å². The highest BCUT2D eigenvalue weighted by Crippen LogP contribution is 2.45. The minimum atomic E-state index is -4.96. The van der Waals surface area contributed by atoms with Crippen molar-refractivity contribution in [1.82, 2.24) is 0 Å². The van der Waals surface area contributed by atoms with Crippen molar-refractivity contribution in [3.63, 3.8) is 0 Å². The molecule has 19 heteroatoms. The third kappa shape index (κ3) is 78.0. The van der Waals surface area contributed by atoms with E-state index < -0.39 is 97.5 Å². The van der Waals surface area contributed by atoms with Gasteiger partial charge >= 0.3 is 39.5 Å². The molecule has 103 heavy (non-hydrogen) atoms. The molecule has 0 aromatic rings. The van der Waals surface area contributed by atoms with E-state index in [2.05, 4.69) is 48.5 Å². The van der Waals surface area contributed by atoms with Crippen molar-refractivity contribution in [1.29, 1.82) is 0 Å². The zero-order chi connectivity index (χ0) is 75.8. The summed E-state index contributed by atoms with van der Waals surface area (Å²) in [4.78, 5) is 73.2. The Kier molecular flexibility index (Phi) is 72.8. The summed E-state index contributed by atoms with van der Waals surface area (Å²) in [6.07, 6.45) is 63.7. The van der Waals surface area contributed by atoms with Crippen LogP contribution in [-0.2, 0) is 65.4 Å². The van der Waals surface area contributed by atoms with E-state index in [0.717, 1.165) is 108 Å². The van der Waals surface area contributed by atoms with Crippen LogP contribution in [0.1, 0.15) is 440 Å². The number of phosphoric acid groups is 2. The van der Waals surface area contributed by atoms with Crippen molar-refractivity contribution in [3.05, 3.63) is 0 Å². The molecule has 0 heterocycles. The van der Waals surface area contributed by atoms with Crippen molar-refractivity contribution < 1.29 is 80.2 Å². The van der Waals surface area contributed by atoms with E-state index in [9.17, 15) is 43.2 Å². The van der Waals surface area contributed by atoms with Gasteiger partial charge in [0.05, 0.1) is 26.4 Å². The van der Waals surface area contributed by atoms with Crippen LogP contribution >= 0.6 is 15.6 Å². The monoisotopic (exact) mass is 1510 g/mol. The number of ether oxygens (including phenoxy) is 4. The van der Waals surface area contributed by atoms with Gasteiger partial charge in [0.1, 0.15) is 19.3 Å². The molecule has 0 aromatic carbocycles. The van der Waals surface area contributed by atoms with Crippen LogP contribution in [0, 0.1) is 17.8 Å². The molecule has 0 aliphatic heterocycles. The van der Waals surface area contributed by atoms with Gasteiger partial charge in [-0.05, 0) is 43.4 Å². The van der Waals surface area contributed by atoms with Crippen molar-refractivity contribution >= 4 is 39.5 Å². The minimum absolute atomic E-state index is 0.107. The highest BCUT2D eigenvalue weighted by atomic mass is 31.2. The fourth-order valence-electron chi connectivity index (χ4n) is 13.0. The number of esters is 4. The topological polar surface area (TPSA) is 237 Å². The number of phosphoric ester groups is 2. The number of hydrogen-bond donors (Lipinski definition) is 3. The van der Waals surface area contributed by atoms with Crippen molar-refractivity contribution in [2.24, 2.45) is 17.8 Å². The lowest BCUT2D eigenvalue weighted by atomic mass is 10.0. The van der Waals surface area contributed by atoms with Crippen LogP contribution in [0.4, 0.5) is 0 Å². The first-order chi connectivity index (χ1) is 49.7. The Balaban J connectivity index is 5.26. The first-order valence-corrected chi connectivity index (χ1v) is 46.3. The highest BCUT2D eigenvalue weighted by molar-refractivity contribution is 7.47. The predicted octanol–water partition coefficient (Wildman–Crippen LogP) is 25.3. The van der Waals surface area contributed by atoms with Crippen LogP contribution in [0.2, 0.25) is 0 Å². The normalized spacial score (nSPS) is 13.9.